The molecule has 3 nitrogen and oxygen atoms in total. The van der Waals surface area contributed by atoms with Gasteiger partial charge in [0.25, 0.3) is 5.91 Å². The van der Waals surface area contributed by atoms with Crippen molar-refractivity contribution >= 4 is 46.1 Å². The average molecular weight is 391 g/mol. The number of carbonyl (C=O) groups excluding carboxylic acids is 1. The Morgan fingerprint density at radius 3 is 2.36 bits per heavy atom. The van der Waals surface area contributed by atoms with Crippen molar-refractivity contribution in [2.45, 2.75) is 0 Å². The minimum absolute atomic E-state index is 0.205. The highest BCUT2D eigenvalue weighted by molar-refractivity contribution is 7.14. The van der Waals surface area contributed by atoms with Crippen molar-refractivity contribution in [1.82, 2.24) is 5.01 Å². The summed E-state index contributed by atoms with van der Waals surface area (Å²) in [6.45, 7) is 0. The second-order valence-corrected chi connectivity index (χ2v) is 7.38. The fourth-order valence-electron chi connectivity index (χ4n) is 2.50. The maximum atomic E-state index is 13.0. The van der Waals surface area contributed by atoms with Crippen LogP contribution in [0.4, 0.5) is 5.69 Å². The van der Waals surface area contributed by atoms with E-state index in [-0.39, 0.29) is 5.91 Å². The molecule has 3 aromatic rings. The fraction of sp³-hybridized carbons (Fsp3) is 0.105. The first kappa shape index (κ1) is 18.0. The molecular formula is C19H16Cl2N2OS. The molecule has 2 aromatic carbocycles. The van der Waals surface area contributed by atoms with Crippen molar-refractivity contribution in [3.05, 3.63) is 75.6 Å². The van der Waals surface area contributed by atoms with Gasteiger partial charge >= 0.3 is 0 Å². The molecule has 0 saturated heterocycles. The van der Waals surface area contributed by atoms with Crippen LogP contribution in [0.3, 0.4) is 0 Å². The molecule has 0 N–H and O–H groups in total. The first-order valence-electron chi connectivity index (χ1n) is 7.58. The normalized spacial score (nSPS) is 10.9. The van der Waals surface area contributed by atoms with Crippen LogP contribution in [-0.2, 0) is 0 Å². The Kier molecular flexibility index (Phi) is 5.45. The van der Waals surface area contributed by atoms with Crippen LogP contribution >= 0.6 is 34.5 Å². The molecule has 0 unspecified atom stereocenters. The third kappa shape index (κ3) is 3.88. The summed E-state index contributed by atoms with van der Waals surface area (Å²) in [5.74, 6) is -0.205. The topological polar surface area (TPSA) is 23.6 Å². The second-order valence-electron chi connectivity index (χ2n) is 5.62. The van der Waals surface area contributed by atoms with E-state index in [1.807, 2.05) is 55.9 Å². The Labute approximate surface area is 161 Å². The summed E-state index contributed by atoms with van der Waals surface area (Å²) in [5, 5.41) is 6.13. The van der Waals surface area contributed by atoms with Crippen LogP contribution in [0.15, 0.2) is 60.0 Å². The Hall–Kier alpha value is -1.85. The van der Waals surface area contributed by atoms with Gasteiger partial charge in [0.15, 0.2) is 0 Å². The molecule has 1 aromatic heterocycles. The number of hydrogen-bond acceptors (Lipinski definition) is 3. The van der Waals surface area contributed by atoms with E-state index in [4.69, 9.17) is 23.2 Å². The van der Waals surface area contributed by atoms with Crippen LogP contribution in [0.2, 0.25) is 10.0 Å². The van der Waals surface area contributed by atoms with E-state index in [9.17, 15) is 4.79 Å². The zero-order valence-corrected chi connectivity index (χ0v) is 16.1. The summed E-state index contributed by atoms with van der Waals surface area (Å²) in [6.07, 6.45) is 0. The number of anilines is 1. The molecule has 0 aliphatic rings. The van der Waals surface area contributed by atoms with Gasteiger partial charge in [-0.1, -0.05) is 53.5 Å². The number of benzene rings is 2. The van der Waals surface area contributed by atoms with E-state index in [1.54, 1.807) is 39.6 Å². The van der Waals surface area contributed by atoms with Crippen molar-refractivity contribution in [2.75, 3.05) is 19.1 Å². The summed E-state index contributed by atoms with van der Waals surface area (Å²) in [4.78, 5) is 14.1. The van der Waals surface area contributed by atoms with E-state index in [1.165, 1.54) is 0 Å². The molecule has 0 spiro atoms. The predicted octanol–water partition coefficient (Wildman–Crippen LogP) is 5.85. The van der Waals surface area contributed by atoms with E-state index >= 15 is 0 Å². The van der Waals surface area contributed by atoms with Crippen molar-refractivity contribution < 1.29 is 4.79 Å². The Morgan fingerprint density at radius 1 is 1.00 bits per heavy atom. The van der Waals surface area contributed by atoms with E-state index in [0.29, 0.717) is 15.6 Å². The van der Waals surface area contributed by atoms with Gasteiger partial charge in [0.1, 0.15) is 0 Å². The standard InChI is InChI=1S/C19H16Cl2N2OS/c1-22(2)23(19(24)16-9-8-14(20)10-17(16)21)15-11-18(25-12-15)13-6-4-3-5-7-13/h3-12H,1-2H3. The van der Waals surface area contributed by atoms with Gasteiger partial charge in [-0.25, -0.2) is 10.0 Å². The summed E-state index contributed by atoms with van der Waals surface area (Å²) >= 11 is 13.7. The summed E-state index contributed by atoms with van der Waals surface area (Å²) in [7, 11) is 3.64. The predicted molar refractivity (Wildman–Crippen MR) is 107 cm³/mol. The van der Waals surface area contributed by atoms with Gasteiger partial charge in [-0.05, 0) is 29.8 Å². The lowest BCUT2D eigenvalue weighted by Gasteiger charge is -2.28. The maximum absolute atomic E-state index is 13.0. The van der Waals surface area contributed by atoms with Gasteiger partial charge in [-0.15, -0.1) is 11.3 Å². The first-order chi connectivity index (χ1) is 12.0. The van der Waals surface area contributed by atoms with Crippen LogP contribution in [-0.4, -0.2) is 25.0 Å². The lowest BCUT2D eigenvalue weighted by atomic mass is 10.2. The van der Waals surface area contributed by atoms with Crippen molar-refractivity contribution in [2.24, 2.45) is 0 Å². The van der Waals surface area contributed by atoms with Crippen LogP contribution in [0.5, 0.6) is 0 Å². The van der Waals surface area contributed by atoms with Crippen molar-refractivity contribution in [1.29, 1.82) is 0 Å². The SMILES string of the molecule is CN(C)N(C(=O)c1ccc(Cl)cc1Cl)c1csc(-c2ccccc2)c1. The zero-order chi connectivity index (χ0) is 18.0. The first-order valence-corrected chi connectivity index (χ1v) is 9.21. The molecule has 0 aliphatic heterocycles. The number of hydrazine groups is 1. The quantitative estimate of drug-likeness (QED) is 0.521. The summed E-state index contributed by atoms with van der Waals surface area (Å²) < 4.78 is 0. The van der Waals surface area contributed by atoms with Crippen molar-refractivity contribution in [3.8, 4) is 10.4 Å². The maximum Gasteiger partial charge on any atom is 0.274 e. The number of thiophene rings is 1. The number of rotatable bonds is 4. The van der Waals surface area contributed by atoms with Gasteiger partial charge in [0.05, 0.1) is 16.3 Å². The number of halogens is 2. The molecule has 0 aliphatic carbocycles. The fourth-order valence-corrected chi connectivity index (χ4v) is 3.86. The average Bonchev–Trinajstić information content (AvgIpc) is 3.05. The second kappa shape index (κ2) is 7.58. The molecule has 1 amide bonds. The highest BCUT2D eigenvalue weighted by Gasteiger charge is 2.23. The number of hydrogen-bond donors (Lipinski definition) is 0. The van der Waals surface area contributed by atoms with Crippen LogP contribution in [0.25, 0.3) is 10.4 Å². The molecule has 0 bridgehead atoms. The number of amides is 1. The molecule has 6 heteroatoms. The number of nitrogens with zero attached hydrogens (tertiary/aromatic N) is 2. The highest BCUT2D eigenvalue weighted by Crippen LogP contribution is 2.33. The van der Waals surface area contributed by atoms with Gasteiger partial charge in [0.2, 0.25) is 0 Å². The van der Waals surface area contributed by atoms with E-state index < -0.39 is 0 Å². The largest absolute Gasteiger partial charge is 0.274 e. The lowest BCUT2D eigenvalue weighted by molar-refractivity contribution is 0.0930. The minimum atomic E-state index is -0.205. The molecule has 128 valence electrons. The Bertz CT molecular complexity index is 893. The van der Waals surface area contributed by atoms with Crippen LogP contribution in [0.1, 0.15) is 10.4 Å². The van der Waals surface area contributed by atoms with Gasteiger partial charge in [-0.2, -0.15) is 0 Å². The lowest BCUT2D eigenvalue weighted by Crippen LogP contribution is -2.42. The van der Waals surface area contributed by atoms with Crippen LogP contribution in [0, 0.1) is 0 Å². The van der Waals surface area contributed by atoms with Gasteiger partial charge < -0.3 is 0 Å². The van der Waals surface area contributed by atoms with E-state index in [0.717, 1.165) is 16.1 Å². The smallest absolute Gasteiger partial charge is 0.267 e. The van der Waals surface area contributed by atoms with Crippen LogP contribution < -0.4 is 5.01 Å². The Morgan fingerprint density at radius 2 is 1.72 bits per heavy atom. The third-order valence-electron chi connectivity index (χ3n) is 3.64. The molecule has 3 rings (SSSR count). The molecule has 25 heavy (non-hydrogen) atoms. The summed E-state index contributed by atoms with van der Waals surface area (Å²) in [5.41, 5.74) is 2.33. The summed E-state index contributed by atoms with van der Waals surface area (Å²) in [6, 6.07) is 17.0. The Balaban J connectivity index is 1.97. The molecule has 0 saturated carbocycles. The highest BCUT2D eigenvalue weighted by atomic mass is 35.5. The third-order valence-corrected chi connectivity index (χ3v) is 5.16. The minimum Gasteiger partial charge on any atom is -0.267 e. The zero-order valence-electron chi connectivity index (χ0n) is 13.7. The van der Waals surface area contributed by atoms with Gasteiger partial charge in [0, 0.05) is 29.4 Å². The molecule has 1 heterocycles. The number of carbonyl (C=O) groups is 1. The van der Waals surface area contributed by atoms with E-state index in [2.05, 4.69) is 0 Å². The molecular weight excluding hydrogens is 375 g/mol. The molecule has 0 radical (unpaired) electrons. The molecule has 0 atom stereocenters. The van der Waals surface area contributed by atoms with Crippen molar-refractivity contribution in [3.63, 3.8) is 0 Å². The monoisotopic (exact) mass is 390 g/mol. The molecule has 0 fully saturated rings. The van der Waals surface area contributed by atoms with Gasteiger partial charge in [-0.3, -0.25) is 4.79 Å².